The van der Waals surface area contributed by atoms with Crippen LogP contribution in [0, 0.1) is 17.6 Å². The Labute approximate surface area is 157 Å². The van der Waals surface area contributed by atoms with Crippen molar-refractivity contribution in [3.05, 3.63) is 83.7 Å². The zero-order chi connectivity index (χ0) is 19.2. The number of amides is 1. The predicted molar refractivity (Wildman–Crippen MR) is 98.3 cm³/mol. The second kappa shape index (κ2) is 6.46. The molecule has 140 valence electrons. The summed E-state index contributed by atoms with van der Waals surface area (Å²) < 4.78 is 28.2. The van der Waals surface area contributed by atoms with E-state index in [1.807, 2.05) is 30.3 Å². The van der Waals surface area contributed by atoms with Crippen LogP contribution in [0.5, 0.6) is 0 Å². The van der Waals surface area contributed by atoms with E-state index in [0.29, 0.717) is 31.0 Å². The minimum absolute atomic E-state index is 0.113. The Bertz CT molecular complexity index is 902. The van der Waals surface area contributed by atoms with Gasteiger partial charge in [0.25, 0.3) is 0 Å². The van der Waals surface area contributed by atoms with Crippen LogP contribution in [0.1, 0.15) is 11.1 Å². The first-order valence-corrected chi connectivity index (χ1v) is 8.87. The number of hydrogen-bond acceptors (Lipinski definition) is 3. The number of fused-ring (bicyclic) bond motifs is 1. The molecule has 4 nitrogen and oxygen atoms in total. The Morgan fingerprint density at radius 2 is 1.96 bits per heavy atom. The van der Waals surface area contributed by atoms with Crippen molar-refractivity contribution in [2.75, 3.05) is 20.1 Å². The first kappa shape index (κ1) is 17.7. The normalized spacial score (nSPS) is 25.4. The molecule has 1 N–H and O–H groups in total. The summed E-state index contributed by atoms with van der Waals surface area (Å²) in [7, 11) is 1.66. The van der Waals surface area contributed by atoms with Crippen LogP contribution in [0.25, 0.3) is 0 Å². The fraction of sp³-hybridized carbons (Fsp3) is 0.286. The average Bonchev–Trinajstić information content (AvgIpc) is 2.99. The van der Waals surface area contributed by atoms with Crippen molar-refractivity contribution in [2.45, 2.75) is 12.1 Å². The largest absolute Gasteiger partial charge is 0.360 e. The van der Waals surface area contributed by atoms with Crippen molar-refractivity contribution in [1.29, 1.82) is 0 Å². The molecule has 0 unspecified atom stereocenters. The lowest BCUT2D eigenvalue weighted by molar-refractivity contribution is -0.137. The number of carbonyl (C=O) groups excluding carboxylic acids is 1. The third-order valence-electron chi connectivity index (χ3n) is 5.57. The van der Waals surface area contributed by atoms with Crippen LogP contribution in [-0.2, 0) is 16.9 Å². The van der Waals surface area contributed by atoms with Crippen molar-refractivity contribution in [1.82, 2.24) is 15.1 Å². The SMILES string of the molecule is C=C1N[C@@]2(c3ccc(F)cc3F)CN(Cc3ccccc3)C[C@H]2C(=O)N1C. The molecule has 2 heterocycles. The number of halogens is 2. The Kier molecular flexibility index (Phi) is 4.23. The third kappa shape index (κ3) is 2.90. The maximum Gasteiger partial charge on any atom is 0.234 e. The van der Waals surface area contributed by atoms with Crippen LogP contribution >= 0.6 is 0 Å². The van der Waals surface area contributed by atoms with Gasteiger partial charge in [0.15, 0.2) is 0 Å². The summed E-state index contributed by atoms with van der Waals surface area (Å²) in [5.41, 5.74) is 0.449. The molecule has 0 aliphatic carbocycles. The van der Waals surface area contributed by atoms with Crippen LogP contribution in [0.3, 0.4) is 0 Å². The van der Waals surface area contributed by atoms with Crippen molar-refractivity contribution in [3.8, 4) is 0 Å². The summed E-state index contributed by atoms with van der Waals surface area (Å²) in [6.07, 6.45) is 0. The predicted octanol–water partition coefficient (Wildman–Crippen LogP) is 2.82. The van der Waals surface area contributed by atoms with Crippen molar-refractivity contribution in [2.24, 2.45) is 5.92 Å². The molecule has 6 heteroatoms. The highest BCUT2D eigenvalue weighted by Gasteiger charge is 2.56. The monoisotopic (exact) mass is 369 g/mol. The zero-order valence-corrected chi connectivity index (χ0v) is 15.1. The van der Waals surface area contributed by atoms with Gasteiger partial charge in [-0.15, -0.1) is 0 Å². The number of nitrogens with zero attached hydrogens (tertiary/aromatic N) is 2. The molecule has 2 saturated heterocycles. The Morgan fingerprint density at radius 3 is 2.67 bits per heavy atom. The molecule has 2 aromatic rings. The standard InChI is InChI=1S/C21H21F2N3O/c1-14-24-21(17-9-8-16(22)10-19(17)23)13-26(11-15-6-4-3-5-7-15)12-18(21)20(27)25(14)2/h3-10,18,24H,1,11-13H2,2H3/t18-,21+/m0/s1. The number of nitrogens with one attached hydrogen (secondary N) is 1. The van der Waals surface area contributed by atoms with Gasteiger partial charge in [0, 0.05) is 38.3 Å². The lowest BCUT2D eigenvalue weighted by Crippen LogP contribution is -2.60. The topological polar surface area (TPSA) is 35.6 Å². The molecular weight excluding hydrogens is 348 g/mol. The highest BCUT2D eigenvalue weighted by atomic mass is 19.1. The molecule has 2 atom stereocenters. The number of hydrogen-bond donors (Lipinski definition) is 1. The van der Waals surface area contributed by atoms with Gasteiger partial charge < -0.3 is 10.2 Å². The molecule has 4 rings (SSSR count). The Hall–Kier alpha value is -2.73. The minimum Gasteiger partial charge on any atom is -0.360 e. The number of carbonyl (C=O) groups is 1. The summed E-state index contributed by atoms with van der Waals surface area (Å²) in [4.78, 5) is 16.6. The van der Waals surface area contributed by atoms with Gasteiger partial charge in [0.2, 0.25) is 5.91 Å². The van der Waals surface area contributed by atoms with Gasteiger partial charge in [-0.25, -0.2) is 8.78 Å². The van der Waals surface area contributed by atoms with E-state index in [-0.39, 0.29) is 5.91 Å². The van der Waals surface area contributed by atoms with E-state index >= 15 is 0 Å². The lowest BCUT2D eigenvalue weighted by Gasteiger charge is -2.44. The molecule has 0 bridgehead atoms. The Morgan fingerprint density at radius 1 is 1.22 bits per heavy atom. The van der Waals surface area contributed by atoms with E-state index in [1.165, 1.54) is 17.0 Å². The van der Waals surface area contributed by atoms with Gasteiger partial charge >= 0.3 is 0 Å². The van der Waals surface area contributed by atoms with E-state index in [4.69, 9.17) is 0 Å². The first-order chi connectivity index (χ1) is 12.9. The molecule has 0 saturated carbocycles. The first-order valence-electron chi connectivity index (χ1n) is 8.87. The molecule has 0 aromatic heterocycles. The van der Waals surface area contributed by atoms with Crippen molar-refractivity contribution in [3.63, 3.8) is 0 Å². The lowest BCUT2D eigenvalue weighted by atomic mass is 9.78. The summed E-state index contributed by atoms with van der Waals surface area (Å²) >= 11 is 0. The second-order valence-corrected chi connectivity index (χ2v) is 7.27. The van der Waals surface area contributed by atoms with Crippen molar-refractivity contribution < 1.29 is 13.6 Å². The van der Waals surface area contributed by atoms with E-state index in [2.05, 4.69) is 16.8 Å². The third-order valence-corrected chi connectivity index (χ3v) is 5.57. The van der Waals surface area contributed by atoms with Crippen LogP contribution < -0.4 is 5.32 Å². The summed E-state index contributed by atoms with van der Waals surface area (Å²) in [6.45, 7) is 5.46. The van der Waals surface area contributed by atoms with Crippen LogP contribution in [0.2, 0.25) is 0 Å². The molecule has 2 aromatic carbocycles. The summed E-state index contributed by atoms with van der Waals surface area (Å²) in [5.74, 6) is -1.48. The molecule has 2 fully saturated rings. The number of benzene rings is 2. The van der Waals surface area contributed by atoms with Gasteiger partial charge in [-0.1, -0.05) is 43.0 Å². The van der Waals surface area contributed by atoms with Gasteiger partial charge in [-0.05, 0) is 11.6 Å². The quantitative estimate of drug-likeness (QED) is 0.904. The van der Waals surface area contributed by atoms with Crippen molar-refractivity contribution >= 4 is 5.91 Å². The number of likely N-dealkylation sites (tertiary alicyclic amines) is 1. The van der Waals surface area contributed by atoms with E-state index in [0.717, 1.165) is 11.6 Å². The second-order valence-electron chi connectivity index (χ2n) is 7.27. The maximum atomic E-state index is 14.7. The summed E-state index contributed by atoms with van der Waals surface area (Å²) in [5, 5.41) is 3.27. The maximum absolute atomic E-state index is 14.7. The van der Waals surface area contributed by atoms with Crippen LogP contribution in [0.15, 0.2) is 60.9 Å². The highest BCUT2D eigenvalue weighted by molar-refractivity contribution is 5.84. The highest BCUT2D eigenvalue weighted by Crippen LogP contribution is 2.43. The Balaban J connectivity index is 1.75. The molecule has 2 aliphatic heterocycles. The minimum atomic E-state index is -0.965. The van der Waals surface area contributed by atoms with E-state index in [9.17, 15) is 13.6 Å². The molecule has 2 aliphatic rings. The van der Waals surface area contributed by atoms with E-state index in [1.54, 1.807) is 7.05 Å². The van der Waals surface area contributed by atoms with E-state index < -0.39 is 23.1 Å². The fourth-order valence-electron chi connectivity index (χ4n) is 4.22. The smallest absolute Gasteiger partial charge is 0.234 e. The van der Waals surface area contributed by atoms with Gasteiger partial charge in [-0.3, -0.25) is 9.69 Å². The van der Waals surface area contributed by atoms with Crippen LogP contribution in [-0.4, -0.2) is 35.8 Å². The number of rotatable bonds is 3. The van der Waals surface area contributed by atoms with Gasteiger partial charge in [0.05, 0.1) is 11.5 Å². The molecule has 0 radical (unpaired) electrons. The molecule has 27 heavy (non-hydrogen) atoms. The molecule has 0 spiro atoms. The average molecular weight is 369 g/mol. The summed E-state index contributed by atoms with van der Waals surface area (Å²) in [6, 6.07) is 13.5. The van der Waals surface area contributed by atoms with Crippen LogP contribution in [0.4, 0.5) is 8.78 Å². The van der Waals surface area contributed by atoms with Gasteiger partial charge in [-0.2, -0.15) is 0 Å². The van der Waals surface area contributed by atoms with Gasteiger partial charge in [0.1, 0.15) is 17.5 Å². The molecular formula is C21H21F2N3O. The zero-order valence-electron chi connectivity index (χ0n) is 15.1. The fourth-order valence-corrected chi connectivity index (χ4v) is 4.22. The molecule has 1 amide bonds.